The molecule has 4 nitrogen and oxygen atoms in total. The third-order valence-corrected chi connectivity index (χ3v) is 3.26. The van der Waals surface area contributed by atoms with E-state index in [9.17, 15) is 4.79 Å². The van der Waals surface area contributed by atoms with Gasteiger partial charge in [-0.1, -0.05) is 6.92 Å². The number of thioether (sulfide) groups is 1. The van der Waals surface area contributed by atoms with Crippen LogP contribution in [0.2, 0.25) is 0 Å². The number of aromatic nitrogens is 1. The zero-order valence-electron chi connectivity index (χ0n) is 9.65. The Bertz CT molecular complexity index is 382. The van der Waals surface area contributed by atoms with Gasteiger partial charge in [-0.05, 0) is 25.3 Å². The van der Waals surface area contributed by atoms with Crippen molar-refractivity contribution in [2.45, 2.75) is 19.1 Å². The van der Waals surface area contributed by atoms with Crippen molar-refractivity contribution >= 4 is 23.5 Å². The minimum Gasteiger partial charge on any atom is -0.478 e. The molecule has 0 bridgehead atoms. The molecule has 5 heteroatoms. The van der Waals surface area contributed by atoms with Gasteiger partial charge in [0.2, 0.25) is 0 Å². The Hall–Kier alpha value is -1.23. The predicted molar refractivity (Wildman–Crippen MR) is 67.4 cm³/mol. The maximum absolute atomic E-state index is 10.8. The lowest BCUT2D eigenvalue weighted by molar-refractivity contribution is 0.0695. The Balaban J connectivity index is 2.70. The van der Waals surface area contributed by atoms with Gasteiger partial charge in [0.25, 0.3) is 0 Å². The van der Waals surface area contributed by atoms with Gasteiger partial charge in [0.15, 0.2) is 0 Å². The molecule has 0 radical (unpaired) electrons. The maximum atomic E-state index is 10.8. The van der Waals surface area contributed by atoms with Crippen molar-refractivity contribution in [3.8, 4) is 0 Å². The van der Waals surface area contributed by atoms with E-state index in [1.807, 2.05) is 0 Å². The second-order valence-corrected chi connectivity index (χ2v) is 4.84. The number of nitrogens with zero attached hydrogens (tertiary/aromatic N) is 1. The molecule has 0 saturated heterocycles. The van der Waals surface area contributed by atoms with Crippen LogP contribution in [0.25, 0.3) is 0 Å². The number of pyridine rings is 1. The van der Waals surface area contributed by atoms with Gasteiger partial charge in [0.1, 0.15) is 5.82 Å². The molecule has 88 valence electrons. The van der Waals surface area contributed by atoms with Crippen LogP contribution < -0.4 is 5.32 Å². The number of carbonyl (C=O) groups is 1. The predicted octanol–water partition coefficient (Wildman–Crippen LogP) is 2.25. The molecule has 1 aromatic heterocycles. The molecule has 2 N–H and O–H groups in total. The minimum atomic E-state index is -0.936. The maximum Gasteiger partial charge on any atom is 0.337 e. The van der Waals surface area contributed by atoms with Gasteiger partial charge in [-0.15, -0.1) is 0 Å². The van der Waals surface area contributed by atoms with Crippen LogP contribution in [0.4, 0.5) is 5.82 Å². The highest BCUT2D eigenvalue weighted by atomic mass is 32.2. The highest BCUT2D eigenvalue weighted by molar-refractivity contribution is 7.99. The Morgan fingerprint density at radius 2 is 2.31 bits per heavy atom. The van der Waals surface area contributed by atoms with Gasteiger partial charge in [-0.3, -0.25) is 0 Å². The Labute approximate surface area is 99.5 Å². The molecule has 1 atom stereocenters. The summed E-state index contributed by atoms with van der Waals surface area (Å²) in [5.74, 6) is -0.211. The highest BCUT2D eigenvalue weighted by Crippen LogP contribution is 2.12. The lowest BCUT2D eigenvalue weighted by Crippen LogP contribution is -2.14. The molecule has 0 amide bonds. The van der Waals surface area contributed by atoms with E-state index in [1.54, 1.807) is 30.8 Å². The molecular formula is C11H16N2O2S. The summed E-state index contributed by atoms with van der Waals surface area (Å²) in [7, 11) is 0. The zero-order chi connectivity index (χ0) is 12.1. The van der Waals surface area contributed by atoms with Crippen LogP contribution in [-0.4, -0.2) is 34.1 Å². The van der Waals surface area contributed by atoms with Crippen molar-refractivity contribution in [1.82, 2.24) is 4.98 Å². The van der Waals surface area contributed by atoms with Crippen LogP contribution >= 0.6 is 11.8 Å². The van der Waals surface area contributed by atoms with Gasteiger partial charge in [-0.2, -0.15) is 11.8 Å². The molecule has 1 aromatic rings. The highest BCUT2D eigenvalue weighted by Gasteiger charge is 2.08. The summed E-state index contributed by atoms with van der Waals surface area (Å²) in [5.41, 5.74) is 0.790. The monoisotopic (exact) mass is 240 g/mol. The van der Waals surface area contributed by atoms with E-state index in [0.717, 1.165) is 12.4 Å². The van der Waals surface area contributed by atoms with Crippen molar-refractivity contribution < 1.29 is 9.90 Å². The number of hydrogen-bond acceptors (Lipinski definition) is 4. The standard InChI is InChI=1S/C11H16N2O2S/c1-7(16-3)6-12-10-5-4-9(11(14)15)8(2)13-10/h4-5,7H,6H2,1-3H3,(H,12,13)(H,14,15). The van der Waals surface area contributed by atoms with Crippen molar-refractivity contribution in [3.63, 3.8) is 0 Å². The third kappa shape index (κ3) is 3.41. The van der Waals surface area contributed by atoms with E-state index in [4.69, 9.17) is 5.11 Å². The topological polar surface area (TPSA) is 62.2 Å². The molecule has 0 aliphatic carbocycles. The summed E-state index contributed by atoms with van der Waals surface area (Å²) in [6, 6.07) is 3.28. The first-order valence-electron chi connectivity index (χ1n) is 5.02. The van der Waals surface area contributed by atoms with E-state index in [0.29, 0.717) is 10.9 Å². The molecule has 1 heterocycles. The largest absolute Gasteiger partial charge is 0.478 e. The summed E-state index contributed by atoms with van der Waals surface area (Å²) in [5, 5.41) is 12.5. The van der Waals surface area contributed by atoms with Crippen molar-refractivity contribution in [2.75, 3.05) is 18.1 Å². The number of carboxylic acids is 1. The van der Waals surface area contributed by atoms with Crippen LogP contribution in [0.3, 0.4) is 0 Å². The number of carboxylic acid groups (broad SMARTS) is 1. The van der Waals surface area contributed by atoms with Crippen LogP contribution in [0.1, 0.15) is 23.0 Å². The molecule has 0 saturated carbocycles. The smallest absolute Gasteiger partial charge is 0.337 e. The summed E-state index contributed by atoms with van der Waals surface area (Å²) in [6.07, 6.45) is 2.05. The normalized spacial score (nSPS) is 12.2. The zero-order valence-corrected chi connectivity index (χ0v) is 10.5. The SMILES string of the molecule is CSC(C)CNc1ccc(C(=O)O)c(C)n1. The van der Waals surface area contributed by atoms with Crippen LogP contribution in [0.15, 0.2) is 12.1 Å². The van der Waals surface area contributed by atoms with E-state index in [-0.39, 0.29) is 5.56 Å². The Kier molecular flexibility index (Phi) is 4.61. The van der Waals surface area contributed by atoms with Crippen LogP contribution in [0, 0.1) is 6.92 Å². The minimum absolute atomic E-state index is 0.253. The molecule has 0 aliphatic heterocycles. The molecule has 0 aromatic carbocycles. The fraction of sp³-hybridized carbons (Fsp3) is 0.455. The molecule has 0 spiro atoms. The summed E-state index contributed by atoms with van der Waals surface area (Å²) in [4.78, 5) is 15.0. The molecular weight excluding hydrogens is 224 g/mol. The molecule has 0 fully saturated rings. The first-order valence-corrected chi connectivity index (χ1v) is 6.31. The second kappa shape index (κ2) is 5.75. The number of aromatic carboxylic acids is 1. The fourth-order valence-electron chi connectivity index (χ4n) is 1.22. The Morgan fingerprint density at radius 3 is 2.81 bits per heavy atom. The molecule has 0 aliphatic rings. The quantitative estimate of drug-likeness (QED) is 0.826. The van der Waals surface area contributed by atoms with Crippen LogP contribution in [-0.2, 0) is 0 Å². The number of rotatable bonds is 5. The summed E-state index contributed by atoms with van der Waals surface area (Å²) in [6.45, 7) is 4.64. The van der Waals surface area contributed by atoms with Crippen molar-refractivity contribution in [3.05, 3.63) is 23.4 Å². The third-order valence-electron chi connectivity index (χ3n) is 2.29. The number of anilines is 1. The van der Waals surface area contributed by atoms with E-state index < -0.39 is 5.97 Å². The van der Waals surface area contributed by atoms with Gasteiger partial charge in [0.05, 0.1) is 11.3 Å². The van der Waals surface area contributed by atoms with E-state index in [1.165, 1.54) is 0 Å². The molecule has 1 unspecified atom stereocenters. The van der Waals surface area contributed by atoms with Crippen LogP contribution in [0.5, 0.6) is 0 Å². The number of hydrogen-bond donors (Lipinski definition) is 2. The van der Waals surface area contributed by atoms with E-state index in [2.05, 4.69) is 23.5 Å². The lowest BCUT2D eigenvalue weighted by atomic mass is 10.2. The first-order chi connectivity index (χ1) is 7.54. The lowest BCUT2D eigenvalue weighted by Gasteiger charge is -2.11. The average molecular weight is 240 g/mol. The molecule has 1 rings (SSSR count). The summed E-state index contributed by atoms with van der Waals surface area (Å²) < 4.78 is 0. The van der Waals surface area contributed by atoms with Gasteiger partial charge in [0, 0.05) is 11.8 Å². The summed E-state index contributed by atoms with van der Waals surface area (Å²) >= 11 is 1.77. The van der Waals surface area contributed by atoms with Gasteiger partial charge < -0.3 is 10.4 Å². The Morgan fingerprint density at radius 1 is 1.62 bits per heavy atom. The second-order valence-electron chi connectivity index (χ2n) is 3.56. The first kappa shape index (κ1) is 12.8. The average Bonchev–Trinajstić information content (AvgIpc) is 2.25. The fourth-order valence-corrected chi connectivity index (χ4v) is 1.47. The van der Waals surface area contributed by atoms with Gasteiger partial charge in [-0.25, -0.2) is 9.78 Å². The number of aryl methyl sites for hydroxylation is 1. The number of nitrogens with one attached hydrogen (secondary N) is 1. The molecule has 16 heavy (non-hydrogen) atoms. The van der Waals surface area contributed by atoms with Gasteiger partial charge >= 0.3 is 5.97 Å². The van der Waals surface area contributed by atoms with Crippen molar-refractivity contribution in [1.29, 1.82) is 0 Å². The van der Waals surface area contributed by atoms with E-state index >= 15 is 0 Å². The van der Waals surface area contributed by atoms with Crippen molar-refractivity contribution in [2.24, 2.45) is 0 Å².